The number of imide groups is 1. The van der Waals surface area contributed by atoms with Gasteiger partial charge in [0.05, 0.1) is 5.92 Å². The third-order valence-corrected chi connectivity index (χ3v) is 5.55. The fourth-order valence-corrected chi connectivity index (χ4v) is 4.84. The van der Waals surface area contributed by atoms with Crippen molar-refractivity contribution < 1.29 is 9.59 Å². The molecule has 2 atom stereocenters. The van der Waals surface area contributed by atoms with Crippen molar-refractivity contribution in [1.82, 2.24) is 5.32 Å². The van der Waals surface area contributed by atoms with Crippen LogP contribution in [-0.2, 0) is 9.59 Å². The van der Waals surface area contributed by atoms with Crippen LogP contribution in [0.3, 0.4) is 0 Å². The molecule has 3 nitrogen and oxygen atoms in total. The second-order valence-corrected chi connectivity index (χ2v) is 6.65. The number of nitrogens with one attached hydrogen (secondary N) is 1. The molecule has 1 spiro atoms. The summed E-state index contributed by atoms with van der Waals surface area (Å²) < 4.78 is 0. The van der Waals surface area contributed by atoms with E-state index in [2.05, 4.69) is 5.32 Å². The third kappa shape index (κ3) is 2.08. The molecule has 0 aromatic heterocycles. The Kier molecular flexibility index (Phi) is 3.13. The molecule has 2 amide bonds. The minimum atomic E-state index is -0.179. The average Bonchev–Trinajstić information content (AvgIpc) is 2.79. The van der Waals surface area contributed by atoms with E-state index in [1.165, 1.54) is 0 Å². The molecule has 2 unspecified atom stereocenters. The van der Waals surface area contributed by atoms with Gasteiger partial charge in [0.2, 0.25) is 11.8 Å². The monoisotopic (exact) mass is 275 g/mol. The molecule has 1 aromatic rings. The first-order valence-electron chi connectivity index (χ1n) is 6.59. The Morgan fingerprint density at radius 1 is 1.32 bits per heavy atom. The smallest absolute Gasteiger partial charge is 0.234 e. The Morgan fingerprint density at radius 2 is 2.11 bits per heavy atom. The van der Waals surface area contributed by atoms with E-state index in [0.717, 1.165) is 29.1 Å². The van der Waals surface area contributed by atoms with Crippen LogP contribution in [0.1, 0.15) is 29.9 Å². The maximum atomic E-state index is 12.4. The zero-order valence-corrected chi connectivity index (χ0v) is 11.8. The first kappa shape index (κ1) is 12.7. The first-order valence-corrected chi connectivity index (χ1v) is 7.75. The van der Waals surface area contributed by atoms with Crippen LogP contribution in [0.4, 0.5) is 0 Å². The highest BCUT2D eigenvalue weighted by atomic mass is 32.2. The maximum absolute atomic E-state index is 12.4. The van der Waals surface area contributed by atoms with E-state index in [1.54, 1.807) is 0 Å². The molecule has 0 bridgehead atoms. The Hall–Kier alpha value is -1.29. The molecule has 4 heteroatoms. The lowest BCUT2D eigenvalue weighted by Crippen LogP contribution is -2.51. The summed E-state index contributed by atoms with van der Waals surface area (Å²) in [5.74, 6) is 1.54. The SMILES string of the molecule is Cc1ccccc1C1C(=O)NC(=O)CC12CCSC2. The first-order chi connectivity index (χ1) is 9.12. The summed E-state index contributed by atoms with van der Waals surface area (Å²) in [7, 11) is 0. The van der Waals surface area contributed by atoms with E-state index < -0.39 is 0 Å². The van der Waals surface area contributed by atoms with Crippen molar-refractivity contribution in [1.29, 1.82) is 0 Å². The number of benzene rings is 1. The maximum Gasteiger partial charge on any atom is 0.234 e. The van der Waals surface area contributed by atoms with Crippen LogP contribution in [0.5, 0.6) is 0 Å². The van der Waals surface area contributed by atoms with Crippen molar-refractivity contribution in [3.8, 4) is 0 Å². The zero-order chi connectivity index (χ0) is 13.5. The molecule has 0 aliphatic carbocycles. The van der Waals surface area contributed by atoms with Crippen LogP contribution in [0.2, 0.25) is 0 Å². The van der Waals surface area contributed by atoms with Gasteiger partial charge in [0.15, 0.2) is 0 Å². The van der Waals surface area contributed by atoms with Crippen molar-refractivity contribution >= 4 is 23.6 Å². The molecule has 2 aliphatic heterocycles. The summed E-state index contributed by atoms with van der Waals surface area (Å²) >= 11 is 1.86. The van der Waals surface area contributed by atoms with Gasteiger partial charge in [0.1, 0.15) is 0 Å². The van der Waals surface area contributed by atoms with Gasteiger partial charge in [-0.05, 0) is 30.2 Å². The molecule has 19 heavy (non-hydrogen) atoms. The lowest BCUT2D eigenvalue weighted by atomic mass is 9.66. The highest BCUT2D eigenvalue weighted by molar-refractivity contribution is 7.99. The van der Waals surface area contributed by atoms with E-state index in [1.807, 2.05) is 43.0 Å². The predicted molar refractivity (Wildman–Crippen MR) is 76.1 cm³/mol. The van der Waals surface area contributed by atoms with E-state index in [4.69, 9.17) is 0 Å². The molecule has 0 saturated carbocycles. The standard InChI is InChI=1S/C15H17NO2S/c1-10-4-2-3-5-11(10)13-14(18)16-12(17)8-15(13)6-7-19-9-15/h2-5,13H,6-9H2,1H3,(H,16,17,18). The van der Waals surface area contributed by atoms with E-state index in [0.29, 0.717) is 6.42 Å². The number of piperidine rings is 1. The van der Waals surface area contributed by atoms with Gasteiger partial charge in [0, 0.05) is 17.6 Å². The molecule has 3 rings (SSSR count). The molecular formula is C15H17NO2S. The summed E-state index contributed by atoms with van der Waals surface area (Å²) in [5, 5.41) is 2.52. The highest BCUT2D eigenvalue weighted by Gasteiger charge is 2.51. The Bertz CT molecular complexity index is 535. The molecule has 2 aliphatic rings. The Morgan fingerprint density at radius 3 is 2.79 bits per heavy atom. The molecular weight excluding hydrogens is 258 g/mol. The summed E-state index contributed by atoms with van der Waals surface area (Å²) in [4.78, 5) is 24.1. The minimum absolute atomic E-state index is 0.114. The van der Waals surface area contributed by atoms with Crippen molar-refractivity contribution in [2.24, 2.45) is 5.41 Å². The summed E-state index contributed by atoms with van der Waals surface area (Å²) in [6.45, 7) is 2.04. The van der Waals surface area contributed by atoms with Crippen LogP contribution in [0.25, 0.3) is 0 Å². The van der Waals surface area contributed by atoms with Gasteiger partial charge >= 0.3 is 0 Å². The summed E-state index contributed by atoms with van der Waals surface area (Å²) in [6, 6.07) is 8.03. The van der Waals surface area contributed by atoms with Gasteiger partial charge in [0.25, 0.3) is 0 Å². The van der Waals surface area contributed by atoms with Gasteiger partial charge < -0.3 is 0 Å². The molecule has 2 fully saturated rings. The normalized spacial score (nSPS) is 30.7. The van der Waals surface area contributed by atoms with Gasteiger partial charge in [-0.1, -0.05) is 24.3 Å². The second-order valence-electron chi connectivity index (χ2n) is 5.54. The lowest BCUT2D eigenvalue weighted by Gasteiger charge is -2.40. The Balaban J connectivity index is 2.08. The van der Waals surface area contributed by atoms with E-state index in [-0.39, 0.29) is 23.1 Å². The summed E-state index contributed by atoms with van der Waals surface area (Å²) in [6.07, 6.45) is 1.43. The quantitative estimate of drug-likeness (QED) is 0.800. The molecule has 1 N–H and O–H groups in total. The number of thioether (sulfide) groups is 1. The number of amides is 2. The average molecular weight is 275 g/mol. The third-order valence-electron chi connectivity index (χ3n) is 4.28. The van der Waals surface area contributed by atoms with Crippen molar-refractivity contribution in [3.63, 3.8) is 0 Å². The molecule has 0 radical (unpaired) electrons. The Labute approximate surface area is 117 Å². The van der Waals surface area contributed by atoms with Crippen molar-refractivity contribution in [2.45, 2.75) is 25.7 Å². The number of carbonyl (C=O) groups is 2. The van der Waals surface area contributed by atoms with Crippen LogP contribution >= 0.6 is 11.8 Å². The van der Waals surface area contributed by atoms with Gasteiger partial charge in [-0.15, -0.1) is 0 Å². The minimum Gasteiger partial charge on any atom is -0.296 e. The van der Waals surface area contributed by atoms with Crippen LogP contribution in [0, 0.1) is 12.3 Å². The second kappa shape index (κ2) is 4.67. The zero-order valence-electron chi connectivity index (χ0n) is 10.9. The number of rotatable bonds is 1. The van der Waals surface area contributed by atoms with E-state index in [9.17, 15) is 9.59 Å². The number of hydrogen-bond donors (Lipinski definition) is 1. The fraction of sp³-hybridized carbons (Fsp3) is 0.467. The van der Waals surface area contributed by atoms with Crippen molar-refractivity contribution in [3.05, 3.63) is 35.4 Å². The van der Waals surface area contributed by atoms with Crippen LogP contribution in [0.15, 0.2) is 24.3 Å². The van der Waals surface area contributed by atoms with Crippen molar-refractivity contribution in [2.75, 3.05) is 11.5 Å². The molecule has 2 saturated heterocycles. The summed E-state index contributed by atoms with van der Waals surface area (Å²) in [5.41, 5.74) is 2.04. The van der Waals surface area contributed by atoms with E-state index >= 15 is 0 Å². The van der Waals surface area contributed by atoms with Gasteiger partial charge in [-0.2, -0.15) is 11.8 Å². The predicted octanol–water partition coefficient (Wildman–Crippen LogP) is 2.25. The van der Waals surface area contributed by atoms with Crippen LogP contribution in [-0.4, -0.2) is 23.3 Å². The molecule has 1 aromatic carbocycles. The van der Waals surface area contributed by atoms with Crippen LogP contribution < -0.4 is 5.32 Å². The molecule has 100 valence electrons. The highest BCUT2D eigenvalue weighted by Crippen LogP contribution is 2.51. The van der Waals surface area contributed by atoms with Gasteiger partial charge in [-0.25, -0.2) is 0 Å². The number of carbonyl (C=O) groups excluding carboxylic acids is 2. The van der Waals surface area contributed by atoms with Gasteiger partial charge in [-0.3, -0.25) is 14.9 Å². The number of hydrogen-bond acceptors (Lipinski definition) is 3. The number of aryl methyl sites for hydroxylation is 1. The molecule has 2 heterocycles. The lowest BCUT2D eigenvalue weighted by molar-refractivity contribution is -0.139. The largest absolute Gasteiger partial charge is 0.296 e. The fourth-order valence-electron chi connectivity index (χ4n) is 3.33. The topological polar surface area (TPSA) is 46.2 Å².